The summed E-state index contributed by atoms with van der Waals surface area (Å²) in [4.78, 5) is 6.10. The molecular formula is C8H10N4S2. The van der Waals surface area contributed by atoms with Crippen LogP contribution in [-0.2, 0) is 0 Å². The highest BCUT2D eigenvalue weighted by Crippen LogP contribution is 2.40. The summed E-state index contributed by atoms with van der Waals surface area (Å²) >= 11 is 0. The number of nitrogen functional groups attached to an aromatic ring is 2. The highest BCUT2D eigenvalue weighted by molar-refractivity contribution is 8.76. The van der Waals surface area contributed by atoms with E-state index in [1.165, 1.54) is 0 Å². The van der Waals surface area contributed by atoms with Crippen molar-refractivity contribution in [2.24, 2.45) is 0 Å². The molecular weight excluding hydrogens is 216 g/mol. The molecule has 0 unspecified atom stereocenters. The molecule has 0 atom stereocenters. The van der Waals surface area contributed by atoms with Crippen LogP contribution in [0.4, 0.5) is 11.4 Å². The number of aromatic amines is 2. The molecule has 2 aromatic rings. The van der Waals surface area contributed by atoms with Gasteiger partial charge in [-0.25, -0.2) is 0 Å². The van der Waals surface area contributed by atoms with Gasteiger partial charge in [-0.05, 0) is 33.7 Å². The third kappa shape index (κ3) is 1.85. The first-order valence-corrected chi connectivity index (χ1v) is 6.12. The molecule has 0 bridgehead atoms. The molecule has 14 heavy (non-hydrogen) atoms. The molecule has 0 saturated carbocycles. The van der Waals surface area contributed by atoms with E-state index < -0.39 is 0 Å². The van der Waals surface area contributed by atoms with E-state index in [2.05, 4.69) is 9.97 Å². The van der Waals surface area contributed by atoms with E-state index in [-0.39, 0.29) is 0 Å². The van der Waals surface area contributed by atoms with Gasteiger partial charge in [-0.15, -0.1) is 0 Å². The predicted octanol–water partition coefficient (Wildman–Crippen LogP) is 2.31. The van der Waals surface area contributed by atoms with Crippen LogP contribution >= 0.6 is 21.6 Å². The number of anilines is 2. The second-order valence-electron chi connectivity index (χ2n) is 2.69. The summed E-state index contributed by atoms with van der Waals surface area (Å²) in [5.41, 5.74) is 12.9. The Morgan fingerprint density at radius 1 is 0.857 bits per heavy atom. The van der Waals surface area contributed by atoms with E-state index in [0.717, 1.165) is 21.4 Å². The van der Waals surface area contributed by atoms with Crippen molar-refractivity contribution in [1.82, 2.24) is 9.97 Å². The van der Waals surface area contributed by atoms with Gasteiger partial charge in [-0.2, -0.15) is 0 Å². The number of nitrogens with one attached hydrogen (secondary N) is 2. The van der Waals surface area contributed by atoms with Gasteiger partial charge < -0.3 is 21.4 Å². The highest BCUT2D eigenvalue weighted by atomic mass is 33.1. The van der Waals surface area contributed by atoms with Crippen LogP contribution in [0.3, 0.4) is 0 Å². The van der Waals surface area contributed by atoms with E-state index in [9.17, 15) is 0 Å². The van der Waals surface area contributed by atoms with E-state index in [4.69, 9.17) is 11.5 Å². The molecule has 2 aromatic heterocycles. The fourth-order valence-electron chi connectivity index (χ4n) is 0.960. The van der Waals surface area contributed by atoms with Gasteiger partial charge in [0.15, 0.2) is 0 Å². The molecule has 0 aliphatic heterocycles. The Labute approximate surface area is 89.2 Å². The number of nitrogens with two attached hydrogens (primary N) is 2. The topological polar surface area (TPSA) is 83.6 Å². The standard InChI is InChI=1S/C8H10N4S2/c9-5-1-3-11-7(5)13-14-8-6(10)2-4-12-8/h1-4,11-12H,9-10H2. The van der Waals surface area contributed by atoms with Gasteiger partial charge in [0.1, 0.15) is 10.1 Å². The molecule has 0 radical (unpaired) electrons. The number of hydrogen-bond donors (Lipinski definition) is 4. The van der Waals surface area contributed by atoms with Crippen molar-refractivity contribution in [1.29, 1.82) is 0 Å². The van der Waals surface area contributed by atoms with E-state index in [1.54, 1.807) is 21.6 Å². The van der Waals surface area contributed by atoms with Crippen LogP contribution in [0.15, 0.2) is 34.6 Å². The fraction of sp³-hybridized carbons (Fsp3) is 0. The van der Waals surface area contributed by atoms with Gasteiger partial charge in [0, 0.05) is 12.4 Å². The molecule has 0 spiro atoms. The second kappa shape index (κ2) is 3.93. The summed E-state index contributed by atoms with van der Waals surface area (Å²) in [5, 5.41) is 1.90. The van der Waals surface area contributed by atoms with Crippen LogP contribution in [0.5, 0.6) is 0 Å². The lowest BCUT2D eigenvalue weighted by Gasteiger charge is -1.98. The molecule has 6 heteroatoms. The molecule has 6 N–H and O–H groups in total. The molecule has 2 rings (SSSR count). The van der Waals surface area contributed by atoms with Gasteiger partial charge in [-0.3, -0.25) is 0 Å². The summed E-state index contributed by atoms with van der Waals surface area (Å²) in [6.07, 6.45) is 3.63. The largest absolute Gasteiger partial charge is 0.397 e. The number of hydrogen-bond acceptors (Lipinski definition) is 4. The zero-order valence-corrected chi connectivity index (χ0v) is 8.91. The van der Waals surface area contributed by atoms with E-state index >= 15 is 0 Å². The minimum atomic E-state index is 0.757. The maximum atomic E-state index is 5.71. The third-order valence-corrected chi connectivity index (χ3v) is 4.06. The van der Waals surface area contributed by atoms with Crippen molar-refractivity contribution >= 4 is 33.0 Å². The average molecular weight is 226 g/mol. The Kier molecular flexibility index (Phi) is 2.64. The van der Waals surface area contributed by atoms with Gasteiger partial charge in [0.2, 0.25) is 0 Å². The van der Waals surface area contributed by atoms with Gasteiger partial charge in [0.25, 0.3) is 0 Å². The quantitative estimate of drug-likeness (QED) is 0.605. The average Bonchev–Trinajstić information content (AvgIpc) is 2.72. The molecule has 0 aromatic carbocycles. The molecule has 0 saturated heterocycles. The van der Waals surface area contributed by atoms with Gasteiger partial charge in [0.05, 0.1) is 11.4 Å². The predicted molar refractivity (Wildman–Crippen MR) is 62.1 cm³/mol. The van der Waals surface area contributed by atoms with Crippen molar-refractivity contribution in [3.05, 3.63) is 24.5 Å². The lowest BCUT2D eigenvalue weighted by Crippen LogP contribution is -1.84. The zero-order chi connectivity index (χ0) is 9.97. The van der Waals surface area contributed by atoms with Gasteiger partial charge in [-0.1, -0.05) is 0 Å². The Bertz CT molecular complexity index is 380. The summed E-state index contributed by atoms with van der Waals surface area (Å²) in [5.74, 6) is 0. The molecule has 2 heterocycles. The maximum absolute atomic E-state index is 5.71. The lowest BCUT2D eigenvalue weighted by molar-refractivity contribution is 1.21. The van der Waals surface area contributed by atoms with Crippen molar-refractivity contribution in [2.45, 2.75) is 10.1 Å². The highest BCUT2D eigenvalue weighted by Gasteiger charge is 2.05. The summed E-state index contributed by atoms with van der Waals surface area (Å²) in [7, 11) is 3.10. The Morgan fingerprint density at radius 3 is 1.57 bits per heavy atom. The molecule has 0 fully saturated rings. The van der Waals surface area contributed by atoms with Crippen LogP contribution in [0.2, 0.25) is 0 Å². The smallest absolute Gasteiger partial charge is 0.107 e. The summed E-state index contributed by atoms with van der Waals surface area (Å²) in [6.45, 7) is 0. The second-order valence-corrected chi connectivity index (χ2v) is 4.84. The van der Waals surface area contributed by atoms with Crippen LogP contribution in [0.1, 0.15) is 0 Å². The number of aromatic nitrogens is 2. The normalized spacial score (nSPS) is 10.6. The van der Waals surface area contributed by atoms with Crippen molar-refractivity contribution in [2.75, 3.05) is 11.5 Å². The molecule has 0 aliphatic carbocycles. The first-order valence-electron chi connectivity index (χ1n) is 3.97. The molecule has 74 valence electrons. The van der Waals surface area contributed by atoms with Crippen LogP contribution in [0, 0.1) is 0 Å². The first kappa shape index (κ1) is 9.42. The monoisotopic (exact) mass is 226 g/mol. The SMILES string of the molecule is Nc1cc[nH]c1SSc1[nH]ccc1N. The minimum Gasteiger partial charge on any atom is -0.397 e. The van der Waals surface area contributed by atoms with Crippen molar-refractivity contribution in [3.8, 4) is 0 Å². The van der Waals surface area contributed by atoms with Gasteiger partial charge >= 0.3 is 0 Å². The van der Waals surface area contributed by atoms with Crippen LogP contribution in [-0.4, -0.2) is 9.97 Å². The lowest BCUT2D eigenvalue weighted by atomic mass is 10.6. The van der Waals surface area contributed by atoms with Crippen molar-refractivity contribution in [3.63, 3.8) is 0 Å². The van der Waals surface area contributed by atoms with Crippen LogP contribution in [0.25, 0.3) is 0 Å². The van der Waals surface area contributed by atoms with Crippen LogP contribution < -0.4 is 11.5 Å². The Balaban J connectivity index is 2.02. The van der Waals surface area contributed by atoms with E-state index in [0.29, 0.717) is 0 Å². The Hall–Kier alpha value is -1.14. The minimum absolute atomic E-state index is 0.757. The van der Waals surface area contributed by atoms with Crippen molar-refractivity contribution < 1.29 is 0 Å². The maximum Gasteiger partial charge on any atom is 0.107 e. The third-order valence-electron chi connectivity index (χ3n) is 1.69. The van der Waals surface area contributed by atoms with E-state index in [1.807, 2.05) is 24.5 Å². The zero-order valence-electron chi connectivity index (χ0n) is 7.28. The number of H-pyrrole nitrogens is 2. The first-order chi connectivity index (χ1) is 6.77. The molecule has 0 aliphatic rings. The Morgan fingerprint density at radius 2 is 1.29 bits per heavy atom. The number of rotatable bonds is 3. The fourth-order valence-corrected chi connectivity index (χ4v) is 3.05. The molecule has 0 amide bonds. The summed E-state index contributed by atoms with van der Waals surface area (Å²) < 4.78 is 0. The summed E-state index contributed by atoms with van der Waals surface area (Å²) in [6, 6.07) is 3.67. The molecule has 4 nitrogen and oxygen atoms in total.